The van der Waals surface area contributed by atoms with Gasteiger partial charge in [0.25, 0.3) is 0 Å². The lowest BCUT2D eigenvalue weighted by molar-refractivity contribution is -0.118. The molecule has 0 aromatic carbocycles. The second-order valence-corrected chi connectivity index (χ2v) is 7.34. The van der Waals surface area contributed by atoms with E-state index in [9.17, 15) is 10.1 Å². The molecule has 0 bridgehead atoms. The number of hydrogen-bond donors (Lipinski definition) is 1. The summed E-state index contributed by atoms with van der Waals surface area (Å²) in [5.41, 5.74) is 3.76. The monoisotopic (exact) mass is 327 g/mol. The summed E-state index contributed by atoms with van der Waals surface area (Å²) in [6.45, 7) is 6.06. The van der Waals surface area contributed by atoms with E-state index in [0.29, 0.717) is 22.7 Å². The molecule has 1 aromatic heterocycles. The van der Waals surface area contributed by atoms with Gasteiger partial charge in [-0.2, -0.15) is 5.26 Å². The van der Waals surface area contributed by atoms with Crippen LogP contribution in [0.4, 0.5) is 0 Å². The Hall–Kier alpha value is -2.12. The minimum atomic E-state index is -0.357. The number of nitriles is 1. The number of ketones is 1. The SMILES string of the molecule is CC1=C(C#N)[C@H](c2ccc(Cl)nc2)C2=C(CC(C)(C)CC2=O)N1. The van der Waals surface area contributed by atoms with Gasteiger partial charge in [0, 0.05) is 29.6 Å². The standard InChI is InChI=1S/C18H18ClN3O/c1-10-12(8-20)16(11-4-5-15(19)21-9-11)17-13(22-10)6-18(2,3)7-14(17)23/h4-5,9,16,22H,6-7H2,1-3H3/t16-/m0/s1. The number of rotatable bonds is 1. The van der Waals surface area contributed by atoms with Crippen LogP contribution < -0.4 is 5.32 Å². The van der Waals surface area contributed by atoms with Crippen molar-refractivity contribution in [2.75, 3.05) is 0 Å². The number of carbonyl (C=O) groups is 1. The summed E-state index contributed by atoms with van der Waals surface area (Å²) in [4.78, 5) is 16.9. The molecule has 1 N–H and O–H groups in total. The van der Waals surface area contributed by atoms with E-state index in [2.05, 4.69) is 30.2 Å². The third-order valence-electron chi connectivity index (χ3n) is 4.44. The summed E-state index contributed by atoms with van der Waals surface area (Å²) in [5, 5.41) is 13.3. The van der Waals surface area contributed by atoms with E-state index in [-0.39, 0.29) is 17.1 Å². The Morgan fingerprint density at radius 3 is 2.74 bits per heavy atom. The number of Topliss-reactive ketones (excluding diaryl/α,β-unsaturated/α-hetero) is 1. The van der Waals surface area contributed by atoms with Gasteiger partial charge in [0.2, 0.25) is 0 Å². The number of carbonyl (C=O) groups excluding carboxylic acids is 1. The van der Waals surface area contributed by atoms with Crippen LogP contribution in [0.5, 0.6) is 0 Å². The number of halogens is 1. The number of hydrogen-bond acceptors (Lipinski definition) is 4. The van der Waals surface area contributed by atoms with E-state index in [0.717, 1.165) is 23.4 Å². The zero-order chi connectivity index (χ0) is 16.8. The van der Waals surface area contributed by atoms with Crippen LogP contribution in [0.15, 0.2) is 40.9 Å². The first kappa shape index (κ1) is 15.8. The van der Waals surface area contributed by atoms with E-state index >= 15 is 0 Å². The topological polar surface area (TPSA) is 65.8 Å². The lowest BCUT2D eigenvalue weighted by Gasteiger charge is -2.38. The molecule has 0 radical (unpaired) electrons. The first-order valence-corrected chi connectivity index (χ1v) is 7.96. The van der Waals surface area contributed by atoms with Crippen molar-refractivity contribution in [3.8, 4) is 6.07 Å². The second kappa shape index (κ2) is 5.50. The zero-order valence-corrected chi connectivity index (χ0v) is 14.2. The van der Waals surface area contributed by atoms with Crippen molar-refractivity contribution in [1.82, 2.24) is 10.3 Å². The molecule has 0 saturated carbocycles. The third kappa shape index (κ3) is 2.77. The van der Waals surface area contributed by atoms with Crippen LogP contribution in [0.2, 0.25) is 5.15 Å². The van der Waals surface area contributed by atoms with Gasteiger partial charge in [0.1, 0.15) is 5.15 Å². The summed E-state index contributed by atoms with van der Waals surface area (Å²) in [7, 11) is 0. The van der Waals surface area contributed by atoms with Crippen LogP contribution in [0.25, 0.3) is 0 Å². The molecule has 1 aliphatic carbocycles. The zero-order valence-electron chi connectivity index (χ0n) is 13.4. The van der Waals surface area contributed by atoms with Crippen LogP contribution in [-0.4, -0.2) is 10.8 Å². The summed E-state index contributed by atoms with van der Waals surface area (Å²) in [6.07, 6.45) is 2.94. The fraction of sp³-hybridized carbons (Fsp3) is 0.389. The van der Waals surface area contributed by atoms with Gasteiger partial charge in [-0.25, -0.2) is 4.98 Å². The van der Waals surface area contributed by atoms with Crippen LogP contribution in [0, 0.1) is 16.7 Å². The van der Waals surface area contributed by atoms with E-state index in [1.54, 1.807) is 12.3 Å². The fourth-order valence-corrected chi connectivity index (χ4v) is 3.59. The number of nitrogens with one attached hydrogen (secondary N) is 1. The minimum absolute atomic E-state index is 0.0733. The van der Waals surface area contributed by atoms with Gasteiger partial charge >= 0.3 is 0 Å². The molecule has 118 valence electrons. The molecule has 3 rings (SSSR count). The van der Waals surface area contributed by atoms with E-state index in [4.69, 9.17) is 11.6 Å². The molecule has 1 atom stereocenters. The molecule has 23 heavy (non-hydrogen) atoms. The van der Waals surface area contributed by atoms with Crippen LogP contribution in [0.3, 0.4) is 0 Å². The van der Waals surface area contributed by atoms with Crippen molar-refractivity contribution in [2.45, 2.75) is 39.5 Å². The number of nitrogens with zero attached hydrogens (tertiary/aromatic N) is 2. The van der Waals surface area contributed by atoms with Gasteiger partial charge in [-0.1, -0.05) is 31.5 Å². The van der Waals surface area contributed by atoms with E-state index in [1.165, 1.54) is 0 Å². The highest BCUT2D eigenvalue weighted by Crippen LogP contribution is 2.46. The molecule has 2 aliphatic rings. The lowest BCUT2D eigenvalue weighted by atomic mass is 9.69. The number of dihydropyridines is 1. The third-order valence-corrected chi connectivity index (χ3v) is 4.67. The minimum Gasteiger partial charge on any atom is -0.361 e. The molecule has 0 amide bonds. The first-order valence-electron chi connectivity index (χ1n) is 7.58. The Morgan fingerprint density at radius 1 is 1.39 bits per heavy atom. The molecule has 5 heteroatoms. The number of aromatic nitrogens is 1. The molecular weight excluding hydrogens is 310 g/mol. The Kier molecular flexibility index (Phi) is 3.77. The van der Waals surface area contributed by atoms with Crippen molar-refractivity contribution < 1.29 is 4.79 Å². The number of allylic oxidation sites excluding steroid dienone is 4. The predicted octanol–water partition coefficient (Wildman–Crippen LogP) is 3.86. The van der Waals surface area contributed by atoms with Crippen molar-refractivity contribution in [1.29, 1.82) is 5.26 Å². The summed E-state index contributed by atoms with van der Waals surface area (Å²) < 4.78 is 0. The maximum Gasteiger partial charge on any atom is 0.162 e. The molecular formula is C18H18ClN3O. The largest absolute Gasteiger partial charge is 0.361 e. The van der Waals surface area contributed by atoms with Crippen molar-refractivity contribution >= 4 is 17.4 Å². The van der Waals surface area contributed by atoms with E-state index in [1.807, 2.05) is 13.0 Å². The highest BCUT2D eigenvalue weighted by molar-refractivity contribution is 6.29. The highest BCUT2D eigenvalue weighted by Gasteiger charge is 2.41. The molecule has 1 aromatic rings. The van der Waals surface area contributed by atoms with Gasteiger partial charge < -0.3 is 5.32 Å². The van der Waals surface area contributed by atoms with Gasteiger partial charge in [-0.15, -0.1) is 0 Å². The highest BCUT2D eigenvalue weighted by atomic mass is 35.5. The second-order valence-electron chi connectivity index (χ2n) is 6.96. The van der Waals surface area contributed by atoms with Gasteiger partial charge in [0.15, 0.2) is 5.78 Å². The van der Waals surface area contributed by atoms with Gasteiger partial charge in [-0.3, -0.25) is 4.79 Å². The Morgan fingerprint density at radius 2 is 2.13 bits per heavy atom. The maximum absolute atomic E-state index is 12.8. The summed E-state index contributed by atoms with van der Waals surface area (Å²) in [5.74, 6) is -0.256. The van der Waals surface area contributed by atoms with Gasteiger partial charge in [0.05, 0.1) is 17.6 Å². The quantitative estimate of drug-likeness (QED) is 0.795. The Balaban J connectivity index is 2.17. The van der Waals surface area contributed by atoms with Crippen molar-refractivity contribution in [3.63, 3.8) is 0 Å². The average molecular weight is 328 g/mol. The fourth-order valence-electron chi connectivity index (χ4n) is 3.48. The summed E-state index contributed by atoms with van der Waals surface area (Å²) >= 11 is 5.87. The van der Waals surface area contributed by atoms with Crippen LogP contribution in [-0.2, 0) is 4.79 Å². The smallest absolute Gasteiger partial charge is 0.162 e. The van der Waals surface area contributed by atoms with Crippen molar-refractivity contribution in [3.05, 3.63) is 51.6 Å². The van der Waals surface area contributed by atoms with Gasteiger partial charge in [-0.05, 0) is 30.4 Å². The Labute approximate surface area is 140 Å². The molecule has 0 spiro atoms. The molecule has 0 unspecified atom stereocenters. The number of pyridine rings is 1. The molecule has 1 aliphatic heterocycles. The Bertz CT molecular complexity index is 781. The summed E-state index contributed by atoms with van der Waals surface area (Å²) in [6, 6.07) is 5.80. The van der Waals surface area contributed by atoms with Crippen LogP contribution in [0.1, 0.15) is 45.1 Å². The molecule has 4 nitrogen and oxygen atoms in total. The molecule has 0 fully saturated rings. The van der Waals surface area contributed by atoms with Crippen LogP contribution >= 0.6 is 11.6 Å². The predicted molar refractivity (Wildman–Crippen MR) is 88.5 cm³/mol. The first-order chi connectivity index (χ1) is 10.8. The van der Waals surface area contributed by atoms with E-state index < -0.39 is 0 Å². The lowest BCUT2D eigenvalue weighted by Crippen LogP contribution is -2.36. The van der Waals surface area contributed by atoms with Crippen molar-refractivity contribution in [2.24, 2.45) is 5.41 Å². The molecule has 2 heterocycles. The maximum atomic E-state index is 12.8. The normalized spacial score (nSPS) is 23.3. The molecule has 0 saturated heterocycles. The average Bonchev–Trinajstić information content (AvgIpc) is 2.45.